The van der Waals surface area contributed by atoms with Gasteiger partial charge in [0.25, 0.3) is 0 Å². The number of rotatable bonds is 0. The van der Waals surface area contributed by atoms with E-state index >= 15 is 0 Å². The monoisotopic (exact) mass is 183 g/mol. The SMILES string of the molecule is CN1C2CCC1CN(C(N)=O)CC2. The Morgan fingerprint density at radius 1 is 1.31 bits per heavy atom. The smallest absolute Gasteiger partial charge is 0.314 e. The summed E-state index contributed by atoms with van der Waals surface area (Å²) in [6.07, 6.45) is 3.58. The molecule has 2 bridgehead atoms. The molecule has 0 aromatic carbocycles. The number of hydrogen-bond donors (Lipinski definition) is 1. The third-order valence-corrected chi connectivity index (χ3v) is 3.46. The van der Waals surface area contributed by atoms with Gasteiger partial charge in [-0.1, -0.05) is 0 Å². The van der Waals surface area contributed by atoms with Gasteiger partial charge in [-0.3, -0.25) is 4.90 Å². The van der Waals surface area contributed by atoms with Gasteiger partial charge in [-0.2, -0.15) is 0 Å². The van der Waals surface area contributed by atoms with Gasteiger partial charge in [-0.05, 0) is 26.3 Å². The van der Waals surface area contributed by atoms with Crippen molar-refractivity contribution in [2.24, 2.45) is 5.73 Å². The number of carbonyl (C=O) groups is 1. The summed E-state index contributed by atoms with van der Waals surface area (Å²) in [5.41, 5.74) is 5.28. The molecular formula is C9H17N3O. The van der Waals surface area contributed by atoms with E-state index in [-0.39, 0.29) is 6.03 Å². The second-order valence-corrected chi connectivity index (χ2v) is 4.12. The molecule has 0 aromatic heterocycles. The van der Waals surface area contributed by atoms with E-state index in [4.69, 9.17) is 5.73 Å². The first-order valence-electron chi connectivity index (χ1n) is 4.95. The minimum atomic E-state index is -0.263. The third-order valence-electron chi connectivity index (χ3n) is 3.46. The van der Waals surface area contributed by atoms with Gasteiger partial charge in [0.15, 0.2) is 0 Å². The largest absolute Gasteiger partial charge is 0.351 e. The van der Waals surface area contributed by atoms with Crippen LogP contribution in [-0.4, -0.2) is 48.1 Å². The van der Waals surface area contributed by atoms with Crippen LogP contribution in [0.3, 0.4) is 0 Å². The molecule has 0 saturated carbocycles. The predicted molar refractivity (Wildman–Crippen MR) is 50.3 cm³/mol. The van der Waals surface area contributed by atoms with Crippen LogP contribution in [-0.2, 0) is 0 Å². The normalized spacial score (nSPS) is 34.7. The number of urea groups is 1. The van der Waals surface area contributed by atoms with Gasteiger partial charge in [0, 0.05) is 25.2 Å². The maximum absolute atomic E-state index is 11.0. The van der Waals surface area contributed by atoms with E-state index in [1.807, 2.05) is 0 Å². The quantitative estimate of drug-likeness (QED) is 0.584. The topological polar surface area (TPSA) is 49.6 Å². The molecule has 2 aliphatic heterocycles. The number of primary amides is 1. The van der Waals surface area contributed by atoms with E-state index in [0.717, 1.165) is 19.5 Å². The van der Waals surface area contributed by atoms with E-state index in [2.05, 4.69) is 11.9 Å². The summed E-state index contributed by atoms with van der Waals surface area (Å²) in [6.45, 7) is 1.66. The molecule has 2 unspecified atom stereocenters. The number of likely N-dealkylation sites (tertiary alicyclic amines) is 1. The second kappa shape index (κ2) is 3.18. The Hall–Kier alpha value is -0.770. The van der Waals surface area contributed by atoms with Crippen LogP contribution in [0, 0.1) is 0 Å². The zero-order chi connectivity index (χ0) is 9.42. The van der Waals surface area contributed by atoms with Crippen LogP contribution in [0.1, 0.15) is 19.3 Å². The Labute approximate surface area is 78.7 Å². The van der Waals surface area contributed by atoms with Gasteiger partial charge < -0.3 is 10.6 Å². The maximum Gasteiger partial charge on any atom is 0.314 e. The van der Waals surface area contributed by atoms with Crippen molar-refractivity contribution < 1.29 is 4.79 Å². The van der Waals surface area contributed by atoms with Crippen LogP contribution in [0.25, 0.3) is 0 Å². The highest BCUT2D eigenvalue weighted by atomic mass is 16.2. The summed E-state index contributed by atoms with van der Waals surface area (Å²) < 4.78 is 0. The zero-order valence-electron chi connectivity index (χ0n) is 8.07. The highest BCUT2D eigenvalue weighted by Crippen LogP contribution is 2.28. The lowest BCUT2D eigenvalue weighted by Crippen LogP contribution is -2.42. The van der Waals surface area contributed by atoms with Gasteiger partial charge in [0.05, 0.1) is 0 Å². The van der Waals surface area contributed by atoms with Crippen LogP contribution < -0.4 is 5.73 Å². The Kier molecular flexibility index (Phi) is 2.15. The molecule has 0 radical (unpaired) electrons. The highest BCUT2D eigenvalue weighted by Gasteiger charge is 2.35. The number of amides is 2. The molecule has 2 rings (SSSR count). The molecule has 2 heterocycles. The first kappa shape index (κ1) is 8.81. The number of nitrogens with two attached hydrogens (primary N) is 1. The number of fused-ring (bicyclic) bond motifs is 2. The first-order chi connectivity index (χ1) is 6.18. The molecule has 2 N–H and O–H groups in total. The van der Waals surface area contributed by atoms with E-state index in [0.29, 0.717) is 12.1 Å². The molecule has 74 valence electrons. The fraction of sp³-hybridized carbons (Fsp3) is 0.889. The molecule has 4 heteroatoms. The van der Waals surface area contributed by atoms with Crippen molar-refractivity contribution in [3.05, 3.63) is 0 Å². The molecular weight excluding hydrogens is 166 g/mol. The fourth-order valence-electron chi connectivity index (χ4n) is 2.51. The van der Waals surface area contributed by atoms with Crippen molar-refractivity contribution in [1.29, 1.82) is 0 Å². The zero-order valence-corrected chi connectivity index (χ0v) is 8.07. The summed E-state index contributed by atoms with van der Waals surface area (Å²) in [6, 6.07) is 0.954. The molecule has 13 heavy (non-hydrogen) atoms. The Bertz CT molecular complexity index is 219. The maximum atomic E-state index is 11.0. The van der Waals surface area contributed by atoms with Crippen molar-refractivity contribution in [1.82, 2.24) is 9.80 Å². The van der Waals surface area contributed by atoms with E-state index in [1.165, 1.54) is 12.8 Å². The average Bonchev–Trinajstić information content (AvgIpc) is 2.25. The highest BCUT2D eigenvalue weighted by molar-refractivity contribution is 5.72. The summed E-state index contributed by atoms with van der Waals surface area (Å²) in [5, 5.41) is 0. The Balaban J connectivity index is 2.07. The van der Waals surface area contributed by atoms with Crippen molar-refractivity contribution in [3.8, 4) is 0 Å². The van der Waals surface area contributed by atoms with Gasteiger partial charge in [-0.25, -0.2) is 4.79 Å². The molecule has 2 fully saturated rings. The van der Waals surface area contributed by atoms with Crippen LogP contribution >= 0.6 is 0 Å². The van der Waals surface area contributed by atoms with Crippen molar-refractivity contribution in [2.45, 2.75) is 31.3 Å². The summed E-state index contributed by atoms with van der Waals surface area (Å²) >= 11 is 0. The molecule has 4 nitrogen and oxygen atoms in total. The molecule has 2 atom stereocenters. The minimum absolute atomic E-state index is 0.263. The molecule has 0 spiro atoms. The molecule has 2 aliphatic rings. The average molecular weight is 183 g/mol. The lowest BCUT2D eigenvalue weighted by Gasteiger charge is -2.24. The number of hydrogen-bond acceptors (Lipinski definition) is 2. The van der Waals surface area contributed by atoms with E-state index in [9.17, 15) is 4.79 Å². The molecule has 2 amide bonds. The summed E-state index contributed by atoms with van der Waals surface area (Å²) in [5.74, 6) is 0. The minimum Gasteiger partial charge on any atom is -0.351 e. The Morgan fingerprint density at radius 3 is 2.69 bits per heavy atom. The van der Waals surface area contributed by atoms with Crippen LogP contribution in [0.2, 0.25) is 0 Å². The molecule has 2 saturated heterocycles. The standard InChI is InChI=1S/C9H17N3O/c1-11-7-2-3-8(11)6-12(5-4-7)9(10)13/h7-8H,2-6H2,1H3,(H2,10,13). The van der Waals surface area contributed by atoms with Gasteiger partial charge in [0.1, 0.15) is 0 Å². The molecule has 0 aliphatic carbocycles. The van der Waals surface area contributed by atoms with Gasteiger partial charge in [-0.15, -0.1) is 0 Å². The van der Waals surface area contributed by atoms with Gasteiger partial charge >= 0.3 is 6.03 Å². The predicted octanol–water partition coefficient (Wildman–Crippen LogP) is 0.234. The fourth-order valence-corrected chi connectivity index (χ4v) is 2.51. The van der Waals surface area contributed by atoms with Crippen LogP contribution in [0.4, 0.5) is 4.79 Å². The van der Waals surface area contributed by atoms with Crippen molar-refractivity contribution in [2.75, 3.05) is 20.1 Å². The van der Waals surface area contributed by atoms with Crippen LogP contribution in [0.5, 0.6) is 0 Å². The first-order valence-corrected chi connectivity index (χ1v) is 4.95. The lowest BCUT2D eigenvalue weighted by atomic mass is 10.1. The van der Waals surface area contributed by atoms with Crippen molar-refractivity contribution >= 4 is 6.03 Å². The number of nitrogens with zero attached hydrogens (tertiary/aromatic N) is 2. The number of likely N-dealkylation sites (N-methyl/N-ethyl adjacent to an activating group) is 1. The lowest BCUT2D eigenvalue weighted by molar-refractivity contribution is 0.197. The second-order valence-electron chi connectivity index (χ2n) is 4.12. The summed E-state index contributed by atoms with van der Waals surface area (Å²) in [7, 11) is 2.16. The van der Waals surface area contributed by atoms with E-state index < -0.39 is 0 Å². The van der Waals surface area contributed by atoms with Gasteiger partial charge in [0.2, 0.25) is 0 Å². The van der Waals surface area contributed by atoms with Crippen molar-refractivity contribution in [3.63, 3.8) is 0 Å². The third kappa shape index (κ3) is 1.50. The number of carbonyl (C=O) groups excluding carboxylic acids is 1. The van der Waals surface area contributed by atoms with Crippen LogP contribution in [0.15, 0.2) is 0 Å². The Morgan fingerprint density at radius 2 is 2.00 bits per heavy atom. The van der Waals surface area contributed by atoms with E-state index in [1.54, 1.807) is 4.90 Å². The summed E-state index contributed by atoms with van der Waals surface area (Å²) in [4.78, 5) is 15.2. The molecule has 0 aromatic rings.